The van der Waals surface area contributed by atoms with Crippen molar-refractivity contribution in [1.82, 2.24) is 15.5 Å². The Morgan fingerprint density at radius 1 is 1.10 bits per heavy atom. The molecule has 3 heteroatoms. The Morgan fingerprint density at radius 2 is 1.90 bits per heavy atom. The van der Waals surface area contributed by atoms with Gasteiger partial charge < -0.3 is 5.32 Å². The number of hydrogen-bond acceptors (Lipinski definition) is 2. The molecule has 0 saturated carbocycles. The molecule has 0 saturated heterocycles. The van der Waals surface area contributed by atoms with Crippen molar-refractivity contribution in [3.63, 3.8) is 0 Å². The van der Waals surface area contributed by atoms with Crippen molar-refractivity contribution in [2.24, 2.45) is 0 Å². The van der Waals surface area contributed by atoms with Crippen molar-refractivity contribution < 1.29 is 0 Å². The van der Waals surface area contributed by atoms with Gasteiger partial charge in [0.2, 0.25) is 0 Å². The van der Waals surface area contributed by atoms with Gasteiger partial charge >= 0.3 is 0 Å². The van der Waals surface area contributed by atoms with Crippen LogP contribution in [0.4, 0.5) is 0 Å². The van der Waals surface area contributed by atoms with Crippen molar-refractivity contribution in [2.75, 3.05) is 0 Å². The zero-order valence-corrected chi connectivity index (χ0v) is 11.9. The quantitative estimate of drug-likeness (QED) is 0.754. The topological polar surface area (TPSA) is 40.7 Å². The van der Waals surface area contributed by atoms with Crippen LogP contribution in [0, 0.1) is 0 Å². The van der Waals surface area contributed by atoms with Crippen molar-refractivity contribution in [2.45, 2.75) is 26.4 Å². The van der Waals surface area contributed by atoms with Crippen LogP contribution in [0.2, 0.25) is 0 Å². The summed E-state index contributed by atoms with van der Waals surface area (Å²) < 4.78 is 0. The molecule has 0 bridgehead atoms. The van der Waals surface area contributed by atoms with Crippen LogP contribution in [0.1, 0.15) is 19.4 Å². The molecule has 3 aromatic rings. The summed E-state index contributed by atoms with van der Waals surface area (Å²) in [6.07, 6.45) is 1.90. The number of benzene rings is 2. The highest BCUT2D eigenvalue weighted by molar-refractivity contribution is 5.87. The van der Waals surface area contributed by atoms with Gasteiger partial charge in [-0.3, -0.25) is 5.10 Å². The third-order valence-corrected chi connectivity index (χ3v) is 3.46. The first-order valence-electron chi connectivity index (χ1n) is 6.99. The molecule has 0 aliphatic rings. The third kappa shape index (κ3) is 2.58. The fraction of sp³-hybridized carbons (Fsp3) is 0.235. The number of H-pyrrole nitrogens is 1. The van der Waals surface area contributed by atoms with Crippen LogP contribution >= 0.6 is 0 Å². The minimum atomic E-state index is 0.467. The molecule has 102 valence electrons. The van der Waals surface area contributed by atoms with Gasteiger partial charge in [-0.1, -0.05) is 50.2 Å². The molecule has 0 amide bonds. The molecule has 3 rings (SSSR count). The van der Waals surface area contributed by atoms with E-state index in [1.807, 2.05) is 6.20 Å². The first kappa shape index (κ1) is 12.9. The van der Waals surface area contributed by atoms with Gasteiger partial charge in [-0.25, -0.2) is 0 Å². The van der Waals surface area contributed by atoms with E-state index in [1.54, 1.807) is 0 Å². The van der Waals surface area contributed by atoms with Crippen molar-refractivity contribution >= 4 is 10.8 Å². The van der Waals surface area contributed by atoms with Crippen LogP contribution < -0.4 is 5.32 Å². The van der Waals surface area contributed by atoms with Gasteiger partial charge in [0.15, 0.2) is 0 Å². The number of hydrogen-bond donors (Lipinski definition) is 2. The predicted molar refractivity (Wildman–Crippen MR) is 83.5 cm³/mol. The maximum Gasteiger partial charge on any atom is 0.0695 e. The van der Waals surface area contributed by atoms with E-state index < -0.39 is 0 Å². The molecule has 2 N–H and O–H groups in total. The standard InChI is InChI=1S/C17H19N3/c1-12(2)18-10-16-11-19-20-17(16)15-8-7-13-5-3-4-6-14(13)9-15/h3-9,11-12,18H,10H2,1-2H3,(H,19,20). The molecule has 0 atom stereocenters. The molecule has 20 heavy (non-hydrogen) atoms. The molecule has 2 aromatic carbocycles. The first-order valence-corrected chi connectivity index (χ1v) is 6.99. The summed E-state index contributed by atoms with van der Waals surface area (Å²) in [4.78, 5) is 0. The summed E-state index contributed by atoms with van der Waals surface area (Å²) >= 11 is 0. The van der Waals surface area contributed by atoms with E-state index in [-0.39, 0.29) is 0 Å². The Labute approximate surface area is 119 Å². The molecule has 0 fully saturated rings. The lowest BCUT2D eigenvalue weighted by Gasteiger charge is -2.09. The van der Waals surface area contributed by atoms with Crippen LogP contribution in [0.3, 0.4) is 0 Å². The lowest BCUT2D eigenvalue weighted by atomic mass is 10.0. The highest BCUT2D eigenvalue weighted by atomic mass is 15.1. The summed E-state index contributed by atoms with van der Waals surface area (Å²) in [5.41, 5.74) is 3.49. The maximum atomic E-state index is 4.19. The average Bonchev–Trinajstić information content (AvgIpc) is 2.93. The molecule has 0 aliphatic carbocycles. The Bertz CT molecular complexity index is 713. The number of aromatic amines is 1. The summed E-state index contributed by atoms with van der Waals surface area (Å²) in [5.74, 6) is 0. The van der Waals surface area contributed by atoms with Crippen molar-refractivity contribution in [3.05, 3.63) is 54.2 Å². The van der Waals surface area contributed by atoms with E-state index in [0.717, 1.165) is 12.2 Å². The first-order chi connectivity index (χ1) is 9.74. The van der Waals surface area contributed by atoms with Crippen LogP contribution in [-0.2, 0) is 6.54 Å². The average molecular weight is 265 g/mol. The smallest absolute Gasteiger partial charge is 0.0695 e. The van der Waals surface area contributed by atoms with Crippen LogP contribution in [0.15, 0.2) is 48.7 Å². The Morgan fingerprint density at radius 3 is 2.70 bits per heavy atom. The van der Waals surface area contributed by atoms with Gasteiger partial charge in [0, 0.05) is 23.7 Å². The Balaban J connectivity index is 1.96. The lowest BCUT2D eigenvalue weighted by Crippen LogP contribution is -2.21. The van der Waals surface area contributed by atoms with Gasteiger partial charge in [0.25, 0.3) is 0 Å². The van der Waals surface area contributed by atoms with Gasteiger partial charge in [-0.2, -0.15) is 5.10 Å². The van der Waals surface area contributed by atoms with Gasteiger partial charge in [-0.15, -0.1) is 0 Å². The number of rotatable bonds is 4. The van der Waals surface area contributed by atoms with E-state index >= 15 is 0 Å². The van der Waals surface area contributed by atoms with Gasteiger partial charge in [0.05, 0.1) is 11.9 Å². The number of nitrogens with one attached hydrogen (secondary N) is 2. The monoisotopic (exact) mass is 265 g/mol. The molecular weight excluding hydrogens is 246 g/mol. The Hall–Kier alpha value is -2.13. The fourth-order valence-corrected chi connectivity index (χ4v) is 2.35. The normalized spacial score (nSPS) is 11.3. The highest BCUT2D eigenvalue weighted by Crippen LogP contribution is 2.25. The molecule has 1 heterocycles. The van der Waals surface area contributed by atoms with E-state index in [0.29, 0.717) is 6.04 Å². The van der Waals surface area contributed by atoms with E-state index in [2.05, 4.69) is 71.8 Å². The zero-order chi connectivity index (χ0) is 13.9. The SMILES string of the molecule is CC(C)NCc1cn[nH]c1-c1ccc2ccccc2c1. The van der Waals surface area contributed by atoms with Gasteiger partial charge in [-0.05, 0) is 16.8 Å². The molecule has 0 unspecified atom stereocenters. The second-order valence-electron chi connectivity index (χ2n) is 5.37. The van der Waals surface area contributed by atoms with E-state index in [1.165, 1.54) is 21.9 Å². The number of aromatic nitrogens is 2. The predicted octanol–water partition coefficient (Wildman–Crippen LogP) is 3.73. The largest absolute Gasteiger partial charge is 0.310 e. The highest BCUT2D eigenvalue weighted by Gasteiger charge is 2.08. The molecule has 3 nitrogen and oxygen atoms in total. The molecule has 0 radical (unpaired) electrons. The lowest BCUT2D eigenvalue weighted by molar-refractivity contribution is 0.589. The fourth-order valence-electron chi connectivity index (χ4n) is 2.35. The Kier molecular flexibility index (Phi) is 3.52. The van der Waals surface area contributed by atoms with Crippen molar-refractivity contribution in [3.8, 4) is 11.3 Å². The summed E-state index contributed by atoms with van der Waals surface area (Å²) in [6.45, 7) is 5.13. The van der Waals surface area contributed by atoms with Crippen molar-refractivity contribution in [1.29, 1.82) is 0 Å². The maximum absolute atomic E-state index is 4.19. The second kappa shape index (κ2) is 5.47. The third-order valence-electron chi connectivity index (χ3n) is 3.46. The minimum absolute atomic E-state index is 0.467. The molecular formula is C17H19N3. The summed E-state index contributed by atoms with van der Waals surface area (Å²) in [6, 6.07) is 15.4. The summed E-state index contributed by atoms with van der Waals surface area (Å²) in [5, 5.41) is 13.3. The van der Waals surface area contributed by atoms with E-state index in [9.17, 15) is 0 Å². The zero-order valence-electron chi connectivity index (χ0n) is 11.9. The molecule has 1 aromatic heterocycles. The summed E-state index contributed by atoms with van der Waals surface area (Å²) in [7, 11) is 0. The number of nitrogens with zero attached hydrogens (tertiary/aromatic N) is 1. The molecule has 0 aliphatic heterocycles. The van der Waals surface area contributed by atoms with Crippen LogP contribution in [0.5, 0.6) is 0 Å². The van der Waals surface area contributed by atoms with Crippen LogP contribution in [0.25, 0.3) is 22.0 Å². The van der Waals surface area contributed by atoms with Gasteiger partial charge in [0.1, 0.15) is 0 Å². The molecule has 0 spiro atoms. The second-order valence-corrected chi connectivity index (χ2v) is 5.37. The minimum Gasteiger partial charge on any atom is -0.310 e. The van der Waals surface area contributed by atoms with E-state index in [4.69, 9.17) is 0 Å². The van der Waals surface area contributed by atoms with Crippen LogP contribution in [-0.4, -0.2) is 16.2 Å². The number of fused-ring (bicyclic) bond motifs is 1.